The molecule has 0 aliphatic carbocycles. The highest BCUT2D eigenvalue weighted by Gasteiger charge is 2.12. The average Bonchev–Trinajstić information content (AvgIpc) is 2.75. The van der Waals surface area contributed by atoms with Gasteiger partial charge in [0.1, 0.15) is 0 Å². The van der Waals surface area contributed by atoms with Crippen molar-refractivity contribution in [3.05, 3.63) is 106 Å². The molecule has 0 aliphatic heterocycles. The van der Waals surface area contributed by atoms with Crippen LogP contribution < -0.4 is 10.7 Å². The summed E-state index contributed by atoms with van der Waals surface area (Å²) in [6, 6.07) is 25.4. The van der Waals surface area contributed by atoms with Crippen molar-refractivity contribution in [1.82, 2.24) is 10.7 Å². The van der Waals surface area contributed by atoms with Crippen molar-refractivity contribution in [3.8, 4) is 0 Å². The van der Waals surface area contributed by atoms with Crippen LogP contribution in [0.3, 0.4) is 0 Å². The summed E-state index contributed by atoms with van der Waals surface area (Å²) in [5, 5.41) is 7.10. The van der Waals surface area contributed by atoms with E-state index in [2.05, 4.69) is 31.8 Å². The second-order valence-corrected chi connectivity index (χ2v) is 6.75. The number of hydrogen-bond donors (Lipinski definition) is 2. The van der Waals surface area contributed by atoms with Gasteiger partial charge in [0.2, 0.25) is 0 Å². The van der Waals surface area contributed by atoms with Crippen molar-refractivity contribution in [1.29, 1.82) is 0 Å². The molecule has 2 N–H and O–H groups in total. The zero-order valence-corrected chi connectivity index (χ0v) is 16.5. The van der Waals surface area contributed by atoms with Gasteiger partial charge in [0.15, 0.2) is 0 Å². The van der Waals surface area contributed by atoms with Crippen LogP contribution >= 0.6 is 15.9 Å². The van der Waals surface area contributed by atoms with Crippen LogP contribution in [0.15, 0.2) is 94.5 Å². The Labute approximate surface area is 171 Å². The second-order valence-electron chi connectivity index (χ2n) is 5.89. The highest BCUT2D eigenvalue weighted by atomic mass is 79.9. The molecule has 0 atom stereocenters. The fourth-order valence-electron chi connectivity index (χ4n) is 2.51. The van der Waals surface area contributed by atoms with Crippen LogP contribution in [0.1, 0.15) is 26.3 Å². The van der Waals surface area contributed by atoms with Crippen molar-refractivity contribution in [2.45, 2.75) is 0 Å². The standard InChI is InChI=1S/C22H18BrN3O2/c23-19-14-8-7-13-18(19)22(28)24-15-20(16-9-3-1-4-10-16)25-26-21(27)17-11-5-2-6-12-17/h1-14H,15H2,(H,24,28)(H,26,27). The Morgan fingerprint density at radius 3 is 1.96 bits per heavy atom. The molecule has 0 saturated heterocycles. The molecular weight excluding hydrogens is 418 g/mol. The molecule has 0 fully saturated rings. The van der Waals surface area contributed by atoms with Crippen molar-refractivity contribution >= 4 is 33.5 Å². The first-order chi connectivity index (χ1) is 13.6. The van der Waals surface area contributed by atoms with Gasteiger partial charge in [-0.25, -0.2) is 5.43 Å². The summed E-state index contributed by atoms with van der Waals surface area (Å²) in [6.45, 7) is 0.166. The Morgan fingerprint density at radius 1 is 0.750 bits per heavy atom. The van der Waals surface area contributed by atoms with Crippen molar-refractivity contribution in [3.63, 3.8) is 0 Å². The molecule has 0 bridgehead atoms. The van der Waals surface area contributed by atoms with Gasteiger partial charge in [0.25, 0.3) is 11.8 Å². The summed E-state index contributed by atoms with van der Waals surface area (Å²) >= 11 is 3.38. The number of nitrogens with zero attached hydrogens (tertiary/aromatic N) is 1. The van der Waals surface area contributed by atoms with Crippen LogP contribution in [0.25, 0.3) is 0 Å². The van der Waals surface area contributed by atoms with E-state index in [1.165, 1.54) is 0 Å². The Balaban J connectivity index is 1.75. The van der Waals surface area contributed by atoms with Crippen LogP contribution in [0.5, 0.6) is 0 Å². The lowest BCUT2D eigenvalue weighted by atomic mass is 10.1. The summed E-state index contributed by atoms with van der Waals surface area (Å²) in [6.07, 6.45) is 0. The number of rotatable bonds is 6. The monoisotopic (exact) mass is 435 g/mol. The molecule has 5 nitrogen and oxygen atoms in total. The molecule has 2 amide bonds. The van der Waals surface area contributed by atoms with Gasteiger partial charge in [0, 0.05) is 10.0 Å². The molecule has 28 heavy (non-hydrogen) atoms. The predicted octanol–water partition coefficient (Wildman–Crippen LogP) is 4.01. The van der Waals surface area contributed by atoms with E-state index in [0.29, 0.717) is 21.3 Å². The zero-order chi connectivity index (χ0) is 19.8. The Kier molecular flexibility index (Phi) is 6.70. The number of hydrazone groups is 1. The average molecular weight is 436 g/mol. The number of halogens is 1. The second kappa shape index (κ2) is 9.62. The molecule has 0 aromatic heterocycles. The van der Waals surface area contributed by atoms with E-state index < -0.39 is 0 Å². The topological polar surface area (TPSA) is 70.6 Å². The van der Waals surface area contributed by atoms with E-state index >= 15 is 0 Å². The predicted molar refractivity (Wildman–Crippen MR) is 113 cm³/mol. The van der Waals surface area contributed by atoms with Gasteiger partial charge < -0.3 is 5.32 Å². The molecule has 140 valence electrons. The van der Waals surface area contributed by atoms with E-state index in [9.17, 15) is 9.59 Å². The van der Waals surface area contributed by atoms with Crippen molar-refractivity contribution in [2.75, 3.05) is 6.54 Å². The highest BCUT2D eigenvalue weighted by Crippen LogP contribution is 2.15. The van der Waals surface area contributed by atoms with E-state index in [1.807, 2.05) is 42.5 Å². The highest BCUT2D eigenvalue weighted by molar-refractivity contribution is 9.10. The Hall–Kier alpha value is -3.25. The van der Waals surface area contributed by atoms with Crippen LogP contribution in [-0.4, -0.2) is 24.1 Å². The number of amides is 2. The number of carbonyl (C=O) groups is 2. The molecule has 6 heteroatoms. The first-order valence-electron chi connectivity index (χ1n) is 8.65. The van der Waals surface area contributed by atoms with Gasteiger partial charge in [-0.1, -0.05) is 60.7 Å². The first kappa shape index (κ1) is 19.5. The van der Waals surface area contributed by atoms with E-state index in [4.69, 9.17) is 0 Å². The summed E-state index contributed by atoms with van der Waals surface area (Å²) in [5.41, 5.74) is 4.96. The van der Waals surface area contributed by atoms with Gasteiger partial charge >= 0.3 is 0 Å². The quantitative estimate of drug-likeness (QED) is 0.453. The van der Waals surface area contributed by atoms with Crippen molar-refractivity contribution in [2.24, 2.45) is 5.10 Å². The minimum atomic E-state index is -0.314. The third-order valence-electron chi connectivity index (χ3n) is 3.97. The van der Waals surface area contributed by atoms with E-state index in [-0.39, 0.29) is 18.4 Å². The maximum absolute atomic E-state index is 12.5. The number of carbonyl (C=O) groups excluding carboxylic acids is 2. The van der Waals surface area contributed by atoms with Gasteiger partial charge in [-0.05, 0) is 45.8 Å². The molecule has 0 heterocycles. The lowest BCUT2D eigenvalue weighted by Gasteiger charge is -2.10. The molecule has 3 aromatic rings. The molecule has 0 saturated carbocycles. The smallest absolute Gasteiger partial charge is 0.271 e. The molecule has 0 radical (unpaired) electrons. The molecule has 3 aromatic carbocycles. The van der Waals surface area contributed by atoms with Gasteiger partial charge in [-0.2, -0.15) is 5.10 Å². The van der Waals surface area contributed by atoms with Gasteiger partial charge in [-0.15, -0.1) is 0 Å². The molecule has 0 aliphatic rings. The van der Waals surface area contributed by atoms with Crippen LogP contribution in [0.4, 0.5) is 0 Å². The minimum absolute atomic E-state index is 0.166. The van der Waals surface area contributed by atoms with Gasteiger partial charge in [0.05, 0.1) is 17.8 Å². The number of hydrogen-bond acceptors (Lipinski definition) is 3. The summed E-state index contributed by atoms with van der Waals surface area (Å²) in [4.78, 5) is 24.8. The van der Waals surface area contributed by atoms with Crippen molar-refractivity contribution < 1.29 is 9.59 Å². The number of benzene rings is 3. The van der Waals surface area contributed by atoms with Gasteiger partial charge in [-0.3, -0.25) is 9.59 Å². The summed E-state index contributed by atoms with van der Waals surface area (Å²) in [5.74, 6) is -0.545. The Morgan fingerprint density at radius 2 is 1.32 bits per heavy atom. The maximum Gasteiger partial charge on any atom is 0.271 e. The molecule has 0 unspecified atom stereocenters. The van der Waals surface area contributed by atoms with Crippen LogP contribution in [0, 0.1) is 0 Å². The SMILES string of the molecule is O=C(NN=C(CNC(=O)c1ccccc1Br)c1ccccc1)c1ccccc1. The zero-order valence-electron chi connectivity index (χ0n) is 14.9. The molecule has 3 rings (SSSR count). The first-order valence-corrected chi connectivity index (χ1v) is 9.44. The van der Waals surface area contributed by atoms with Crippen LogP contribution in [0.2, 0.25) is 0 Å². The van der Waals surface area contributed by atoms with Crippen LogP contribution in [-0.2, 0) is 0 Å². The largest absolute Gasteiger partial charge is 0.346 e. The third kappa shape index (κ3) is 5.14. The third-order valence-corrected chi connectivity index (χ3v) is 4.66. The fourth-order valence-corrected chi connectivity index (χ4v) is 2.98. The minimum Gasteiger partial charge on any atom is -0.346 e. The lowest BCUT2D eigenvalue weighted by Crippen LogP contribution is -2.32. The maximum atomic E-state index is 12.5. The number of nitrogens with one attached hydrogen (secondary N) is 2. The lowest BCUT2D eigenvalue weighted by molar-refractivity contribution is 0.0951. The van der Waals surface area contributed by atoms with E-state index in [1.54, 1.807) is 42.5 Å². The summed E-state index contributed by atoms with van der Waals surface area (Å²) in [7, 11) is 0. The fraction of sp³-hybridized carbons (Fsp3) is 0.0455. The normalized spacial score (nSPS) is 11.0. The molecular formula is C22H18BrN3O2. The molecule has 0 spiro atoms. The van der Waals surface area contributed by atoms with E-state index in [0.717, 1.165) is 5.56 Å². The summed E-state index contributed by atoms with van der Waals surface area (Å²) < 4.78 is 0.711. The Bertz CT molecular complexity index is 989.